The van der Waals surface area contributed by atoms with E-state index in [1.54, 1.807) is 5.01 Å². The smallest absolute Gasteiger partial charge is 0.241 e. The molecule has 0 spiro atoms. The molecule has 1 aliphatic rings. The number of rotatable bonds is 3. The molecule has 0 aromatic heterocycles. The highest BCUT2D eigenvalue weighted by molar-refractivity contribution is 5.94. The minimum Gasteiger partial charge on any atom is -0.273 e. The van der Waals surface area contributed by atoms with Crippen LogP contribution in [0.15, 0.2) is 54.6 Å². The number of aryl methyl sites for hydroxylation is 1. The first kappa shape index (κ1) is 13.8. The van der Waals surface area contributed by atoms with E-state index in [9.17, 15) is 4.79 Å². The highest BCUT2D eigenvalue weighted by atomic mass is 16.2. The SMILES string of the molecule is C[C@H](NN1C(=O)CCCc2ccccc21)c1ccccc1. The summed E-state index contributed by atoms with van der Waals surface area (Å²) in [5.74, 6) is 0.141. The average molecular weight is 280 g/mol. The zero-order valence-electron chi connectivity index (χ0n) is 12.3. The Labute approximate surface area is 125 Å². The summed E-state index contributed by atoms with van der Waals surface area (Å²) in [6, 6.07) is 18.4. The summed E-state index contributed by atoms with van der Waals surface area (Å²) in [4.78, 5) is 12.4. The van der Waals surface area contributed by atoms with Gasteiger partial charge >= 0.3 is 0 Å². The number of para-hydroxylation sites is 1. The standard InChI is InChI=1S/C18H20N2O/c1-14(15-8-3-2-4-9-15)19-20-17-12-6-5-10-16(17)11-7-13-18(20)21/h2-6,8-10,12,14,19H,7,11,13H2,1H3/t14-/m0/s1. The van der Waals surface area contributed by atoms with Crippen LogP contribution in [0.2, 0.25) is 0 Å². The molecule has 108 valence electrons. The van der Waals surface area contributed by atoms with Gasteiger partial charge in [0.1, 0.15) is 0 Å². The van der Waals surface area contributed by atoms with Crippen molar-refractivity contribution in [1.29, 1.82) is 0 Å². The summed E-state index contributed by atoms with van der Waals surface area (Å²) >= 11 is 0. The number of amides is 1. The van der Waals surface area contributed by atoms with Gasteiger partial charge in [0, 0.05) is 12.5 Å². The molecule has 0 radical (unpaired) electrons. The highest BCUT2D eigenvalue weighted by Gasteiger charge is 2.23. The van der Waals surface area contributed by atoms with Crippen molar-refractivity contribution in [3.05, 3.63) is 65.7 Å². The van der Waals surface area contributed by atoms with E-state index in [1.165, 1.54) is 11.1 Å². The van der Waals surface area contributed by atoms with Gasteiger partial charge in [0.25, 0.3) is 0 Å². The first-order valence-corrected chi connectivity index (χ1v) is 7.47. The second kappa shape index (κ2) is 6.10. The lowest BCUT2D eigenvalue weighted by Crippen LogP contribution is -2.44. The Morgan fingerprint density at radius 2 is 1.71 bits per heavy atom. The van der Waals surface area contributed by atoms with Crippen molar-refractivity contribution < 1.29 is 4.79 Å². The van der Waals surface area contributed by atoms with Gasteiger partial charge in [0.15, 0.2) is 0 Å². The van der Waals surface area contributed by atoms with Crippen LogP contribution >= 0.6 is 0 Å². The molecular formula is C18H20N2O. The van der Waals surface area contributed by atoms with Crippen LogP contribution in [0, 0.1) is 0 Å². The topological polar surface area (TPSA) is 32.3 Å². The first-order valence-electron chi connectivity index (χ1n) is 7.47. The summed E-state index contributed by atoms with van der Waals surface area (Å²) < 4.78 is 0. The zero-order chi connectivity index (χ0) is 14.7. The number of benzene rings is 2. The minimum atomic E-state index is 0.0845. The van der Waals surface area contributed by atoms with E-state index in [1.807, 2.05) is 36.4 Å². The Balaban J connectivity index is 1.88. The Hall–Kier alpha value is -2.13. The van der Waals surface area contributed by atoms with Gasteiger partial charge in [-0.25, -0.2) is 10.4 Å². The number of hydrazine groups is 1. The first-order chi connectivity index (χ1) is 10.3. The molecule has 0 unspecified atom stereocenters. The molecule has 1 N–H and O–H groups in total. The van der Waals surface area contributed by atoms with Crippen LogP contribution in [0.4, 0.5) is 5.69 Å². The molecule has 1 heterocycles. The quantitative estimate of drug-likeness (QED) is 0.931. The number of hydrogen-bond donors (Lipinski definition) is 1. The summed E-state index contributed by atoms with van der Waals surface area (Å²) in [6.45, 7) is 2.08. The van der Waals surface area contributed by atoms with Crippen molar-refractivity contribution in [3.8, 4) is 0 Å². The molecule has 1 amide bonds. The number of nitrogens with zero attached hydrogens (tertiary/aromatic N) is 1. The van der Waals surface area contributed by atoms with E-state index in [0.717, 1.165) is 18.5 Å². The number of hydrogen-bond acceptors (Lipinski definition) is 2. The van der Waals surface area contributed by atoms with Crippen LogP contribution in [0.1, 0.15) is 36.9 Å². The Kier molecular flexibility index (Phi) is 4.02. The fourth-order valence-electron chi connectivity index (χ4n) is 2.77. The highest BCUT2D eigenvalue weighted by Crippen LogP contribution is 2.26. The maximum Gasteiger partial charge on any atom is 0.241 e. The number of anilines is 1. The van der Waals surface area contributed by atoms with Crippen molar-refractivity contribution in [2.24, 2.45) is 0 Å². The van der Waals surface area contributed by atoms with Crippen molar-refractivity contribution in [2.45, 2.75) is 32.2 Å². The van der Waals surface area contributed by atoms with Gasteiger partial charge in [-0.3, -0.25) is 4.79 Å². The average Bonchev–Trinajstić information content (AvgIpc) is 2.68. The minimum absolute atomic E-state index is 0.0845. The lowest BCUT2D eigenvalue weighted by atomic mass is 10.1. The number of carbonyl (C=O) groups is 1. The molecule has 3 nitrogen and oxygen atoms in total. The van der Waals surface area contributed by atoms with E-state index in [4.69, 9.17) is 0 Å². The maximum absolute atomic E-state index is 12.4. The Bertz CT molecular complexity index is 624. The molecule has 1 aliphatic heterocycles. The van der Waals surface area contributed by atoms with E-state index in [0.29, 0.717) is 6.42 Å². The van der Waals surface area contributed by atoms with Crippen LogP contribution in [0.25, 0.3) is 0 Å². The van der Waals surface area contributed by atoms with Crippen LogP contribution < -0.4 is 10.4 Å². The molecule has 2 aromatic rings. The van der Waals surface area contributed by atoms with E-state index < -0.39 is 0 Å². The van der Waals surface area contributed by atoms with Gasteiger partial charge in [-0.1, -0.05) is 48.5 Å². The number of carbonyl (C=O) groups excluding carboxylic acids is 1. The van der Waals surface area contributed by atoms with E-state index >= 15 is 0 Å². The van der Waals surface area contributed by atoms with Crippen LogP contribution in [0.3, 0.4) is 0 Å². The van der Waals surface area contributed by atoms with Crippen LogP contribution in [-0.4, -0.2) is 5.91 Å². The molecule has 1 atom stereocenters. The second-order valence-corrected chi connectivity index (χ2v) is 5.47. The normalized spacial score (nSPS) is 16.2. The molecule has 0 saturated heterocycles. The largest absolute Gasteiger partial charge is 0.273 e. The van der Waals surface area contributed by atoms with Gasteiger partial charge in [0.2, 0.25) is 5.91 Å². The maximum atomic E-state index is 12.4. The van der Waals surface area contributed by atoms with E-state index in [-0.39, 0.29) is 11.9 Å². The van der Waals surface area contributed by atoms with Gasteiger partial charge in [-0.05, 0) is 37.0 Å². The second-order valence-electron chi connectivity index (χ2n) is 5.47. The van der Waals surface area contributed by atoms with Gasteiger partial charge in [0.05, 0.1) is 5.69 Å². The lowest BCUT2D eigenvalue weighted by molar-refractivity contribution is -0.119. The van der Waals surface area contributed by atoms with Gasteiger partial charge in [-0.2, -0.15) is 0 Å². The number of nitrogens with one attached hydrogen (secondary N) is 1. The third kappa shape index (κ3) is 2.98. The van der Waals surface area contributed by atoms with Crippen molar-refractivity contribution >= 4 is 11.6 Å². The third-order valence-electron chi connectivity index (χ3n) is 3.94. The van der Waals surface area contributed by atoms with Crippen molar-refractivity contribution in [1.82, 2.24) is 5.43 Å². The predicted molar refractivity (Wildman–Crippen MR) is 84.9 cm³/mol. The molecular weight excluding hydrogens is 260 g/mol. The summed E-state index contributed by atoms with van der Waals surface area (Å²) in [6.07, 6.45) is 2.46. The Morgan fingerprint density at radius 3 is 2.52 bits per heavy atom. The molecule has 3 heteroatoms. The number of fused-ring (bicyclic) bond motifs is 1. The van der Waals surface area contributed by atoms with Crippen molar-refractivity contribution in [2.75, 3.05) is 5.01 Å². The lowest BCUT2D eigenvalue weighted by Gasteiger charge is -2.27. The molecule has 2 aromatic carbocycles. The fraction of sp³-hybridized carbons (Fsp3) is 0.278. The zero-order valence-corrected chi connectivity index (χ0v) is 12.3. The molecule has 21 heavy (non-hydrogen) atoms. The third-order valence-corrected chi connectivity index (χ3v) is 3.94. The fourth-order valence-corrected chi connectivity index (χ4v) is 2.77. The van der Waals surface area contributed by atoms with Crippen LogP contribution in [-0.2, 0) is 11.2 Å². The molecule has 0 saturated carbocycles. The van der Waals surface area contributed by atoms with Gasteiger partial charge in [-0.15, -0.1) is 0 Å². The predicted octanol–water partition coefficient (Wildman–Crippen LogP) is 3.62. The summed E-state index contributed by atoms with van der Waals surface area (Å²) in [5.41, 5.74) is 6.76. The van der Waals surface area contributed by atoms with Crippen LogP contribution in [0.5, 0.6) is 0 Å². The molecule has 0 fully saturated rings. The Morgan fingerprint density at radius 1 is 1.00 bits per heavy atom. The summed E-state index contributed by atoms with van der Waals surface area (Å²) in [7, 11) is 0. The van der Waals surface area contributed by atoms with Gasteiger partial charge < -0.3 is 0 Å². The molecule has 0 bridgehead atoms. The monoisotopic (exact) mass is 280 g/mol. The summed E-state index contributed by atoms with van der Waals surface area (Å²) in [5, 5.41) is 1.74. The van der Waals surface area contributed by atoms with Crippen molar-refractivity contribution in [3.63, 3.8) is 0 Å². The van der Waals surface area contributed by atoms with E-state index in [2.05, 4.69) is 30.5 Å². The molecule has 3 rings (SSSR count). The molecule has 0 aliphatic carbocycles.